The van der Waals surface area contributed by atoms with Crippen LogP contribution in [-0.2, 0) is 13.0 Å². The predicted molar refractivity (Wildman–Crippen MR) is 482 cm³/mol. The molecular weight excluding hydrogens is 1390 g/mol. The average molecular weight is 1530 g/mol. The van der Waals surface area contributed by atoms with Crippen LogP contribution < -0.4 is 24.5 Å². The van der Waals surface area contributed by atoms with Gasteiger partial charge < -0.3 is 24.5 Å². The van der Waals surface area contributed by atoms with Crippen LogP contribution in [0.15, 0.2) is 164 Å². The standard InChI is InChI=1S/C15H24N2.C15H21N.2C14H22N2.C13H19ClN2.C13H19FN2.C13H19N/c1-12(2)16-7-9-17(10-8-16)15-6-5-13(3)11-14(15)4;1-12(2)16-10-8-15(9-11-16)14-6-4-13(3)5-7-14;1-12(2)15-8-10-16(11-9-15)14-6-4-13(3)5-7-14;1-12(2)15-8-10-16(11-9-15)14-7-5-4-6-13(14)3;2*1-11(2)15-7-9-16(10-8-15)13-6-4-3-5-12(13)14;1-10(2)14-7-6-12-8-11(3)4-5-13(12)9-14/h5-6,11-12H,7-10H2,1-4H3;4-8,12H,9-11H2,1-3H3;2*4-7,12H,8-11H2,1-3H3;2*3-6,11H,7-10H2,1-2H3;4-5,8,10H,6-7,9H2,1-3H3. The molecule has 0 radical (unpaired) electrons. The van der Waals surface area contributed by atoms with Gasteiger partial charge in [-0.05, 0) is 233 Å². The number of nitrogens with zero attached hydrogens (tertiary/aromatic N) is 12. The van der Waals surface area contributed by atoms with E-state index in [0.29, 0.717) is 42.3 Å². The topological polar surface area (TPSA) is 38.9 Å². The molecule has 14 heteroatoms. The van der Waals surface area contributed by atoms with Crippen LogP contribution in [0.2, 0.25) is 5.02 Å². The summed E-state index contributed by atoms with van der Waals surface area (Å²) >= 11 is 6.20. The Morgan fingerprint density at radius 2 is 0.649 bits per heavy atom. The lowest BCUT2D eigenvalue weighted by Crippen LogP contribution is -2.49. The number of rotatable bonds is 13. The molecule has 0 saturated carbocycles. The third-order valence-corrected chi connectivity index (χ3v) is 24.0. The maximum atomic E-state index is 13.6. The molecule has 0 N–H and O–H groups in total. The summed E-state index contributed by atoms with van der Waals surface area (Å²) in [5.41, 5.74) is 20.3. The highest BCUT2D eigenvalue weighted by Gasteiger charge is 2.26. The van der Waals surface area contributed by atoms with Gasteiger partial charge in [0.2, 0.25) is 0 Å². The van der Waals surface area contributed by atoms with Gasteiger partial charge in [0.1, 0.15) is 5.82 Å². The highest BCUT2D eigenvalue weighted by Crippen LogP contribution is 2.30. The molecule has 14 rings (SSSR count). The molecule has 0 aliphatic carbocycles. The van der Waals surface area contributed by atoms with E-state index < -0.39 is 0 Å². The first kappa shape index (κ1) is 89.8. The van der Waals surface area contributed by atoms with Crippen molar-refractivity contribution in [3.8, 4) is 0 Å². The van der Waals surface area contributed by atoms with E-state index in [1.165, 1.54) is 144 Å². The quantitative estimate of drug-likeness (QED) is 0.110. The van der Waals surface area contributed by atoms with E-state index in [0.717, 1.165) is 115 Å². The van der Waals surface area contributed by atoms with Gasteiger partial charge in [0.25, 0.3) is 0 Å². The molecule has 0 bridgehead atoms. The summed E-state index contributed by atoms with van der Waals surface area (Å²) in [6.07, 6.45) is 4.78. The normalized spacial score (nSPS) is 17.9. The third-order valence-electron chi connectivity index (χ3n) is 23.7. The Labute approximate surface area is 680 Å². The number of halogens is 2. The van der Waals surface area contributed by atoms with Gasteiger partial charge in [0, 0.05) is 216 Å². The lowest BCUT2D eigenvalue weighted by atomic mass is 9.97. The van der Waals surface area contributed by atoms with E-state index >= 15 is 0 Å². The summed E-state index contributed by atoms with van der Waals surface area (Å²) in [6.45, 7) is 71.7. The minimum atomic E-state index is -0.111. The number of hydrogen-bond donors (Lipinski definition) is 0. The lowest BCUT2D eigenvalue weighted by Gasteiger charge is -2.38. The van der Waals surface area contributed by atoms with E-state index in [1.807, 2.05) is 24.3 Å². The Kier molecular flexibility index (Phi) is 36.7. The SMILES string of the molecule is CC(C)N1CCN(c2ccccc2Cl)CC1.CC(C)N1CCN(c2ccccc2F)CC1.Cc1ccc(C2=CCN(C(C)C)CC2)cc1.Cc1ccc(N2CCN(C(C)C)CC2)c(C)c1.Cc1ccc(N2CCN(C(C)C)CC2)cc1.Cc1ccc2c(c1)CCN(C(C)C)C2.Cc1ccccc1N1CCN(C(C)C)CC1. The van der Waals surface area contributed by atoms with E-state index in [-0.39, 0.29) is 5.82 Å². The number of hydrogen-bond acceptors (Lipinski definition) is 12. The number of benzene rings is 7. The van der Waals surface area contributed by atoms with E-state index in [1.54, 1.807) is 11.6 Å². The van der Waals surface area contributed by atoms with Crippen LogP contribution in [0.25, 0.3) is 5.57 Å². The highest BCUT2D eigenvalue weighted by atomic mass is 35.5. The van der Waals surface area contributed by atoms with Crippen molar-refractivity contribution in [3.63, 3.8) is 0 Å². The second kappa shape index (κ2) is 45.3. The average Bonchev–Trinajstić information content (AvgIpc) is 0.848. The molecule has 7 aliphatic heterocycles. The Hall–Kier alpha value is -6.78. The Morgan fingerprint density at radius 3 is 1.07 bits per heavy atom. The molecule has 5 saturated heterocycles. The predicted octanol–water partition coefficient (Wildman–Crippen LogP) is 19.4. The Morgan fingerprint density at radius 1 is 0.288 bits per heavy atom. The number of anilines is 5. The first-order valence-electron chi connectivity index (χ1n) is 42.6. The highest BCUT2D eigenvalue weighted by molar-refractivity contribution is 6.33. The molecule has 7 aromatic rings. The molecule has 0 amide bonds. The molecule has 7 aliphatic rings. The molecule has 608 valence electrons. The fourth-order valence-corrected chi connectivity index (χ4v) is 16.2. The number of fused-ring (bicyclic) bond motifs is 1. The van der Waals surface area contributed by atoms with E-state index in [2.05, 4.69) is 325 Å². The zero-order valence-corrected chi connectivity index (χ0v) is 73.4. The van der Waals surface area contributed by atoms with Crippen molar-refractivity contribution in [2.45, 2.75) is 200 Å². The second-order valence-corrected chi connectivity index (χ2v) is 34.3. The van der Waals surface area contributed by atoms with Gasteiger partial charge in [0.05, 0.1) is 16.4 Å². The summed E-state index contributed by atoms with van der Waals surface area (Å²) in [5.74, 6) is -0.111. The first-order valence-corrected chi connectivity index (χ1v) is 43.0. The van der Waals surface area contributed by atoms with Gasteiger partial charge in [0.15, 0.2) is 0 Å². The number of aryl methyl sites for hydroxylation is 6. The van der Waals surface area contributed by atoms with Crippen LogP contribution >= 0.6 is 11.6 Å². The van der Waals surface area contributed by atoms with Crippen molar-refractivity contribution in [3.05, 3.63) is 225 Å². The van der Waals surface area contributed by atoms with Crippen LogP contribution in [0.1, 0.15) is 153 Å². The van der Waals surface area contributed by atoms with Crippen molar-refractivity contribution in [1.29, 1.82) is 0 Å². The van der Waals surface area contributed by atoms with Gasteiger partial charge in [-0.1, -0.05) is 149 Å². The molecule has 7 heterocycles. The van der Waals surface area contributed by atoms with Crippen molar-refractivity contribution in [1.82, 2.24) is 34.3 Å². The van der Waals surface area contributed by atoms with Gasteiger partial charge >= 0.3 is 0 Å². The zero-order chi connectivity index (χ0) is 80.3. The lowest BCUT2D eigenvalue weighted by molar-refractivity contribution is 0.203. The van der Waals surface area contributed by atoms with Crippen molar-refractivity contribution >= 4 is 45.6 Å². The first-order chi connectivity index (χ1) is 53.1. The maximum absolute atomic E-state index is 13.6. The summed E-state index contributed by atoms with van der Waals surface area (Å²) in [6, 6.07) is 59.8. The van der Waals surface area contributed by atoms with Gasteiger partial charge in [-0.25, -0.2) is 4.39 Å². The fourth-order valence-electron chi connectivity index (χ4n) is 16.0. The zero-order valence-electron chi connectivity index (χ0n) is 72.6. The molecule has 111 heavy (non-hydrogen) atoms. The molecule has 0 spiro atoms. The van der Waals surface area contributed by atoms with Gasteiger partial charge in [-0.15, -0.1) is 0 Å². The maximum Gasteiger partial charge on any atom is 0.146 e. The molecule has 12 nitrogen and oxygen atoms in total. The molecule has 0 unspecified atom stereocenters. The third kappa shape index (κ3) is 28.3. The smallest absolute Gasteiger partial charge is 0.146 e. The van der Waals surface area contributed by atoms with Crippen LogP contribution in [0.5, 0.6) is 0 Å². The molecule has 0 atom stereocenters. The molecule has 7 aromatic carbocycles. The minimum absolute atomic E-state index is 0.111. The van der Waals surface area contributed by atoms with Crippen LogP contribution in [-0.4, -0.2) is 227 Å². The van der Waals surface area contributed by atoms with Crippen molar-refractivity contribution in [2.75, 3.05) is 175 Å². The van der Waals surface area contributed by atoms with Crippen LogP contribution in [0.3, 0.4) is 0 Å². The summed E-state index contributed by atoms with van der Waals surface area (Å²) < 4.78 is 13.6. The Balaban J connectivity index is 0.000000163. The van der Waals surface area contributed by atoms with Crippen molar-refractivity contribution in [2.24, 2.45) is 0 Å². The van der Waals surface area contributed by atoms with Gasteiger partial charge in [-0.3, -0.25) is 34.3 Å². The molecule has 5 fully saturated rings. The fraction of sp³-hybridized carbons (Fsp3) is 0.546. The summed E-state index contributed by atoms with van der Waals surface area (Å²) in [4.78, 5) is 29.7. The van der Waals surface area contributed by atoms with E-state index in [4.69, 9.17) is 11.6 Å². The van der Waals surface area contributed by atoms with Gasteiger partial charge in [-0.2, -0.15) is 0 Å². The van der Waals surface area contributed by atoms with Crippen LogP contribution in [0, 0.1) is 47.4 Å². The number of para-hydroxylation sites is 3. The minimum Gasteiger partial charge on any atom is -0.369 e. The van der Waals surface area contributed by atoms with Crippen LogP contribution in [0.4, 0.5) is 32.8 Å². The van der Waals surface area contributed by atoms with E-state index in [9.17, 15) is 4.39 Å². The van der Waals surface area contributed by atoms with Crippen molar-refractivity contribution < 1.29 is 4.39 Å². The number of piperazine rings is 5. The Bertz CT molecular complexity index is 3660. The largest absolute Gasteiger partial charge is 0.369 e. The summed E-state index contributed by atoms with van der Waals surface area (Å²) in [5, 5.41) is 0.862. The monoisotopic (exact) mass is 1530 g/mol. The summed E-state index contributed by atoms with van der Waals surface area (Å²) in [7, 11) is 0. The second-order valence-electron chi connectivity index (χ2n) is 33.9. The molecule has 0 aromatic heterocycles. The molecular formula is C97H146ClFN12.